The molecule has 4 aromatic rings. The number of anilines is 1. The molecule has 0 radical (unpaired) electrons. The topological polar surface area (TPSA) is 125 Å². The Labute approximate surface area is 180 Å². The smallest absolute Gasteiger partial charge is 0.313 e. The highest BCUT2D eigenvalue weighted by Crippen LogP contribution is 2.33. The number of carbonyl (C=O) groups is 1. The van der Waals surface area contributed by atoms with Crippen molar-refractivity contribution in [3.8, 4) is 17.3 Å². The van der Waals surface area contributed by atoms with Crippen LogP contribution in [0.15, 0.2) is 73.4 Å². The Hall–Kier alpha value is -4.31. The molecule has 2 heterocycles. The van der Waals surface area contributed by atoms with Gasteiger partial charge in [-0.2, -0.15) is 5.10 Å². The predicted octanol–water partition coefficient (Wildman–Crippen LogP) is 4.27. The molecule has 0 aliphatic rings. The van der Waals surface area contributed by atoms with E-state index < -0.39 is 4.92 Å². The fraction of sp³-hybridized carbons (Fsp3) is 0. The lowest BCUT2D eigenvalue weighted by Gasteiger charge is -2.08. The Bertz CT molecular complexity index is 1230. The van der Waals surface area contributed by atoms with Crippen molar-refractivity contribution in [1.82, 2.24) is 19.7 Å². The molecular weight excluding hydrogens is 424 g/mol. The number of nitro groups is 1. The maximum Gasteiger partial charge on any atom is 0.313 e. The van der Waals surface area contributed by atoms with E-state index in [-0.39, 0.29) is 22.4 Å². The third-order valence-electron chi connectivity index (χ3n) is 4.12. The standard InChI is InChI=1S/C20H13ClN6O4/c21-14-3-7-18(17(9-14)27(29)30)31-16-5-1-13(2-6-16)20(28)25-15-4-8-19(23-10-15)26-12-22-11-24-26/h1-12H,(H,25,28). The van der Waals surface area contributed by atoms with E-state index in [1.165, 1.54) is 41.7 Å². The number of nitro benzene ring substituents is 1. The SMILES string of the molecule is O=C(Nc1ccc(-n2cncn2)nc1)c1ccc(Oc2ccc(Cl)cc2[N+](=O)[O-])cc1. The van der Waals surface area contributed by atoms with Crippen LogP contribution in [0.5, 0.6) is 11.5 Å². The molecule has 31 heavy (non-hydrogen) atoms. The summed E-state index contributed by atoms with van der Waals surface area (Å²) in [6.07, 6.45) is 4.42. The van der Waals surface area contributed by atoms with Crippen LogP contribution < -0.4 is 10.1 Å². The lowest BCUT2D eigenvalue weighted by Crippen LogP contribution is -2.12. The van der Waals surface area contributed by atoms with Crippen LogP contribution in [0, 0.1) is 10.1 Å². The van der Waals surface area contributed by atoms with E-state index in [0.29, 0.717) is 22.8 Å². The average molecular weight is 437 g/mol. The second-order valence-corrected chi connectivity index (χ2v) is 6.63. The molecule has 0 spiro atoms. The van der Waals surface area contributed by atoms with Gasteiger partial charge in [0.05, 0.1) is 16.8 Å². The second-order valence-electron chi connectivity index (χ2n) is 6.19. The predicted molar refractivity (Wildman–Crippen MR) is 112 cm³/mol. The van der Waals surface area contributed by atoms with Crippen LogP contribution in [0.2, 0.25) is 5.02 Å². The largest absolute Gasteiger partial charge is 0.450 e. The fourth-order valence-electron chi connectivity index (χ4n) is 2.65. The van der Waals surface area contributed by atoms with E-state index in [1.807, 2.05) is 0 Å². The van der Waals surface area contributed by atoms with E-state index in [2.05, 4.69) is 20.4 Å². The average Bonchev–Trinajstić information content (AvgIpc) is 3.31. The minimum absolute atomic E-state index is 0.0464. The Morgan fingerprint density at radius 2 is 1.94 bits per heavy atom. The molecule has 0 unspecified atom stereocenters. The minimum atomic E-state index is -0.578. The fourth-order valence-corrected chi connectivity index (χ4v) is 2.81. The molecule has 0 aliphatic heterocycles. The molecule has 2 aromatic carbocycles. The highest BCUT2D eigenvalue weighted by molar-refractivity contribution is 6.30. The summed E-state index contributed by atoms with van der Waals surface area (Å²) in [6, 6.07) is 13.7. The summed E-state index contributed by atoms with van der Waals surface area (Å²) in [5.41, 5.74) is 0.625. The minimum Gasteiger partial charge on any atom is -0.450 e. The van der Waals surface area contributed by atoms with Crippen molar-refractivity contribution in [3.05, 3.63) is 94.1 Å². The summed E-state index contributed by atoms with van der Waals surface area (Å²) in [5.74, 6) is 0.596. The number of pyridine rings is 1. The van der Waals surface area contributed by atoms with Crippen molar-refractivity contribution in [3.63, 3.8) is 0 Å². The number of halogens is 1. The number of hydrogen-bond acceptors (Lipinski definition) is 7. The van der Waals surface area contributed by atoms with Crippen LogP contribution in [-0.2, 0) is 0 Å². The number of rotatable bonds is 6. The van der Waals surface area contributed by atoms with Crippen molar-refractivity contribution < 1.29 is 14.5 Å². The lowest BCUT2D eigenvalue weighted by molar-refractivity contribution is -0.385. The molecular formula is C20H13ClN6O4. The van der Waals surface area contributed by atoms with Gasteiger partial charge in [-0.3, -0.25) is 14.9 Å². The number of nitrogens with zero attached hydrogens (tertiary/aromatic N) is 5. The Kier molecular flexibility index (Phi) is 5.54. The van der Waals surface area contributed by atoms with Gasteiger partial charge in [-0.15, -0.1) is 0 Å². The molecule has 11 heteroatoms. The van der Waals surface area contributed by atoms with Crippen LogP contribution in [-0.4, -0.2) is 30.6 Å². The van der Waals surface area contributed by atoms with E-state index in [1.54, 1.807) is 36.4 Å². The first kappa shape index (κ1) is 20.0. The van der Waals surface area contributed by atoms with Gasteiger partial charge in [-0.1, -0.05) is 11.6 Å². The molecule has 1 N–H and O–H groups in total. The number of carbonyl (C=O) groups excluding carboxylic acids is 1. The van der Waals surface area contributed by atoms with E-state index >= 15 is 0 Å². The number of amides is 1. The molecule has 1 amide bonds. The van der Waals surface area contributed by atoms with E-state index in [9.17, 15) is 14.9 Å². The molecule has 0 aliphatic carbocycles. The third-order valence-corrected chi connectivity index (χ3v) is 4.36. The molecule has 2 aromatic heterocycles. The highest BCUT2D eigenvalue weighted by atomic mass is 35.5. The Morgan fingerprint density at radius 1 is 1.13 bits per heavy atom. The molecule has 10 nitrogen and oxygen atoms in total. The molecule has 0 saturated carbocycles. The van der Waals surface area contributed by atoms with E-state index in [0.717, 1.165) is 0 Å². The van der Waals surface area contributed by atoms with Gasteiger partial charge in [0.2, 0.25) is 5.75 Å². The molecule has 0 atom stereocenters. The summed E-state index contributed by atoms with van der Waals surface area (Å²) in [5, 5.41) is 18.1. The first-order chi connectivity index (χ1) is 15.0. The summed E-state index contributed by atoms with van der Waals surface area (Å²) >= 11 is 5.80. The van der Waals surface area contributed by atoms with Crippen LogP contribution in [0.3, 0.4) is 0 Å². The van der Waals surface area contributed by atoms with Gasteiger partial charge in [0, 0.05) is 16.7 Å². The van der Waals surface area contributed by atoms with Gasteiger partial charge in [-0.05, 0) is 48.5 Å². The summed E-state index contributed by atoms with van der Waals surface area (Å²) < 4.78 is 7.07. The van der Waals surface area contributed by atoms with Crippen LogP contribution in [0.1, 0.15) is 10.4 Å². The van der Waals surface area contributed by atoms with Crippen LogP contribution in [0.4, 0.5) is 11.4 Å². The molecule has 0 fully saturated rings. The van der Waals surface area contributed by atoms with E-state index in [4.69, 9.17) is 16.3 Å². The first-order valence-corrected chi connectivity index (χ1v) is 9.22. The van der Waals surface area contributed by atoms with Gasteiger partial charge >= 0.3 is 5.69 Å². The maximum atomic E-state index is 12.5. The van der Waals surface area contributed by atoms with Crippen molar-refractivity contribution in [2.75, 3.05) is 5.32 Å². The van der Waals surface area contributed by atoms with Gasteiger partial charge in [0.15, 0.2) is 5.82 Å². The van der Waals surface area contributed by atoms with Crippen molar-refractivity contribution in [2.24, 2.45) is 0 Å². The van der Waals surface area contributed by atoms with Gasteiger partial charge in [-0.25, -0.2) is 14.6 Å². The second kappa shape index (κ2) is 8.59. The quantitative estimate of drug-likeness (QED) is 0.353. The Morgan fingerprint density at radius 3 is 2.58 bits per heavy atom. The van der Waals surface area contributed by atoms with Crippen molar-refractivity contribution in [1.29, 1.82) is 0 Å². The molecule has 4 rings (SSSR count). The number of aromatic nitrogens is 4. The van der Waals surface area contributed by atoms with Gasteiger partial charge in [0.1, 0.15) is 18.4 Å². The number of benzene rings is 2. The molecule has 154 valence electrons. The van der Waals surface area contributed by atoms with Crippen molar-refractivity contribution >= 4 is 28.9 Å². The zero-order chi connectivity index (χ0) is 21.8. The number of hydrogen-bond donors (Lipinski definition) is 1. The van der Waals surface area contributed by atoms with Gasteiger partial charge in [0.25, 0.3) is 5.91 Å². The number of ether oxygens (including phenoxy) is 1. The molecule has 0 saturated heterocycles. The lowest BCUT2D eigenvalue weighted by atomic mass is 10.2. The summed E-state index contributed by atoms with van der Waals surface area (Å²) in [4.78, 5) is 31.1. The van der Waals surface area contributed by atoms with Crippen molar-refractivity contribution in [2.45, 2.75) is 0 Å². The summed E-state index contributed by atoms with van der Waals surface area (Å²) in [7, 11) is 0. The van der Waals surface area contributed by atoms with Crippen LogP contribution in [0.25, 0.3) is 5.82 Å². The molecule has 0 bridgehead atoms. The van der Waals surface area contributed by atoms with Gasteiger partial charge < -0.3 is 10.1 Å². The zero-order valence-corrected chi connectivity index (χ0v) is 16.4. The first-order valence-electron chi connectivity index (χ1n) is 8.84. The number of nitrogens with one attached hydrogen (secondary N) is 1. The maximum absolute atomic E-state index is 12.5. The Balaban J connectivity index is 1.43. The zero-order valence-electron chi connectivity index (χ0n) is 15.7. The normalized spacial score (nSPS) is 10.5. The summed E-state index contributed by atoms with van der Waals surface area (Å²) in [6.45, 7) is 0. The third kappa shape index (κ3) is 4.65. The van der Waals surface area contributed by atoms with Crippen LogP contribution >= 0.6 is 11.6 Å². The highest BCUT2D eigenvalue weighted by Gasteiger charge is 2.17. The monoisotopic (exact) mass is 436 g/mol.